The molecule has 0 bridgehead atoms. The molecule has 1 aliphatic heterocycles. The van der Waals surface area contributed by atoms with Gasteiger partial charge in [0.1, 0.15) is 0 Å². The van der Waals surface area contributed by atoms with Crippen LogP contribution in [0.4, 0.5) is 0 Å². The molecule has 0 aromatic carbocycles. The fraction of sp³-hybridized carbons (Fsp3) is 0.923. The molecule has 0 aromatic heterocycles. The second kappa shape index (κ2) is 6.87. The Morgan fingerprint density at radius 2 is 1.75 bits per heavy atom. The Morgan fingerprint density at radius 1 is 1.15 bits per heavy atom. The molecule has 1 saturated carbocycles. The summed E-state index contributed by atoms with van der Waals surface area (Å²) in [6, 6.07) is 0. The quantitative estimate of drug-likeness (QED) is 0.690. The van der Waals surface area contributed by atoms with E-state index in [-0.39, 0.29) is 11.2 Å². The predicted octanol–water partition coefficient (Wildman–Crippen LogP) is 0.440. The summed E-state index contributed by atoms with van der Waals surface area (Å²) in [7, 11) is -1.72. The molecule has 2 rings (SSSR count). The average molecular weight is 304 g/mol. The zero-order valence-corrected chi connectivity index (χ0v) is 12.9. The molecule has 0 spiro atoms. The van der Waals surface area contributed by atoms with Crippen molar-refractivity contribution in [1.29, 1.82) is 0 Å². The summed E-state index contributed by atoms with van der Waals surface area (Å²) >= 11 is 0. The molecule has 6 nitrogen and oxygen atoms in total. The number of ether oxygens (including phenoxy) is 1. The van der Waals surface area contributed by atoms with Crippen LogP contribution < -0.4 is 0 Å². The molecular weight excluding hydrogens is 280 g/mol. The number of piperazine rings is 1. The summed E-state index contributed by atoms with van der Waals surface area (Å²) < 4.78 is 31.1. The second-order valence-electron chi connectivity index (χ2n) is 5.52. The third kappa shape index (κ3) is 3.71. The molecule has 0 aromatic rings. The second-order valence-corrected chi connectivity index (χ2v) is 7.73. The zero-order chi connectivity index (χ0) is 14.6. The van der Waals surface area contributed by atoms with Crippen molar-refractivity contribution < 1.29 is 17.9 Å². The summed E-state index contributed by atoms with van der Waals surface area (Å²) in [5, 5.41) is -0.163. The number of esters is 1. The van der Waals surface area contributed by atoms with E-state index in [1.54, 1.807) is 4.31 Å². The Labute approximate surface area is 121 Å². The van der Waals surface area contributed by atoms with Crippen LogP contribution in [0.25, 0.3) is 0 Å². The first-order valence-electron chi connectivity index (χ1n) is 7.32. The third-order valence-corrected chi connectivity index (χ3v) is 6.67. The van der Waals surface area contributed by atoms with E-state index in [9.17, 15) is 13.2 Å². The van der Waals surface area contributed by atoms with E-state index >= 15 is 0 Å². The number of hydrogen-bond donors (Lipinski definition) is 0. The maximum Gasteiger partial charge on any atom is 0.306 e. The van der Waals surface area contributed by atoms with Gasteiger partial charge < -0.3 is 9.64 Å². The molecule has 1 saturated heterocycles. The minimum Gasteiger partial charge on any atom is -0.469 e. The third-order valence-electron chi connectivity index (χ3n) is 4.27. The Balaban J connectivity index is 1.80. The highest BCUT2D eigenvalue weighted by Crippen LogP contribution is 2.27. The van der Waals surface area contributed by atoms with Crippen LogP contribution in [0.15, 0.2) is 0 Å². The summed E-state index contributed by atoms with van der Waals surface area (Å²) in [6.07, 6.45) is 4.05. The Bertz CT molecular complexity index is 424. The maximum absolute atomic E-state index is 12.4. The summed E-state index contributed by atoms with van der Waals surface area (Å²) in [4.78, 5) is 13.2. The van der Waals surface area contributed by atoms with Crippen LogP contribution in [0.2, 0.25) is 0 Å². The van der Waals surface area contributed by atoms with Crippen molar-refractivity contribution in [2.45, 2.75) is 37.4 Å². The Morgan fingerprint density at radius 3 is 2.30 bits per heavy atom. The van der Waals surface area contributed by atoms with Crippen molar-refractivity contribution in [3.05, 3.63) is 0 Å². The van der Waals surface area contributed by atoms with E-state index in [2.05, 4.69) is 9.64 Å². The summed E-state index contributed by atoms with van der Waals surface area (Å²) in [6.45, 7) is 3.12. The Kier molecular flexibility index (Phi) is 5.40. The molecule has 0 N–H and O–H groups in total. The maximum atomic E-state index is 12.4. The van der Waals surface area contributed by atoms with Crippen LogP contribution in [0.5, 0.6) is 0 Å². The molecule has 1 aliphatic carbocycles. The van der Waals surface area contributed by atoms with Gasteiger partial charge in [0, 0.05) is 32.7 Å². The van der Waals surface area contributed by atoms with E-state index in [4.69, 9.17) is 0 Å². The van der Waals surface area contributed by atoms with Crippen molar-refractivity contribution >= 4 is 16.0 Å². The molecule has 0 radical (unpaired) electrons. The van der Waals surface area contributed by atoms with Gasteiger partial charge in [0.15, 0.2) is 0 Å². The highest BCUT2D eigenvalue weighted by molar-refractivity contribution is 7.89. The number of sulfonamides is 1. The first-order valence-corrected chi connectivity index (χ1v) is 8.82. The molecule has 7 heteroatoms. The number of methoxy groups -OCH3 is 1. The molecule has 0 atom stereocenters. The predicted molar refractivity (Wildman–Crippen MR) is 75.8 cm³/mol. The molecular formula is C13H24N2O4S. The molecule has 2 fully saturated rings. The van der Waals surface area contributed by atoms with Crippen LogP contribution in [-0.4, -0.2) is 68.7 Å². The molecule has 0 amide bonds. The smallest absolute Gasteiger partial charge is 0.306 e. The van der Waals surface area contributed by atoms with Crippen LogP contribution in [0, 0.1) is 0 Å². The van der Waals surface area contributed by atoms with Gasteiger partial charge in [0.25, 0.3) is 0 Å². The fourth-order valence-corrected chi connectivity index (χ4v) is 4.98. The highest BCUT2D eigenvalue weighted by Gasteiger charge is 2.35. The minimum atomic E-state index is -3.11. The first-order chi connectivity index (χ1) is 9.54. The number of nitrogens with zero attached hydrogens (tertiary/aromatic N) is 2. The zero-order valence-electron chi connectivity index (χ0n) is 12.1. The van der Waals surface area contributed by atoms with Crippen molar-refractivity contribution in [1.82, 2.24) is 9.21 Å². The monoisotopic (exact) mass is 304 g/mol. The molecule has 0 unspecified atom stereocenters. The normalized spacial score (nSPS) is 23.1. The Hall–Kier alpha value is -0.660. The van der Waals surface area contributed by atoms with E-state index in [1.807, 2.05) is 0 Å². The summed E-state index contributed by atoms with van der Waals surface area (Å²) in [5.41, 5.74) is 0. The topological polar surface area (TPSA) is 66.9 Å². The van der Waals surface area contributed by atoms with E-state index < -0.39 is 10.0 Å². The van der Waals surface area contributed by atoms with Crippen LogP contribution in [0.3, 0.4) is 0 Å². The van der Waals surface area contributed by atoms with E-state index in [0.29, 0.717) is 39.1 Å². The molecule has 20 heavy (non-hydrogen) atoms. The van der Waals surface area contributed by atoms with Gasteiger partial charge in [0.2, 0.25) is 10.0 Å². The fourth-order valence-electron chi connectivity index (χ4n) is 2.96. The first kappa shape index (κ1) is 15.7. The van der Waals surface area contributed by atoms with Gasteiger partial charge in [-0.3, -0.25) is 4.79 Å². The van der Waals surface area contributed by atoms with Gasteiger partial charge in [-0.25, -0.2) is 8.42 Å². The lowest BCUT2D eigenvalue weighted by Crippen LogP contribution is -2.51. The van der Waals surface area contributed by atoms with Crippen molar-refractivity contribution in [3.8, 4) is 0 Å². The number of rotatable bonds is 5. The van der Waals surface area contributed by atoms with Gasteiger partial charge in [-0.05, 0) is 12.8 Å². The lowest BCUT2D eigenvalue weighted by atomic mass is 10.3. The number of carbonyl (C=O) groups excluding carboxylic acids is 1. The van der Waals surface area contributed by atoms with Gasteiger partial charge in [0.05, 0.1) is 18.8 Å². The van der Waals surface area contributed by atoms with Crippen molar-refractivity contribution in [3.63, 3.8) is 0 Å². The number of hydrogen-bond acceptors (Lipinski definition) is 5. The molecule has 116 valence electrons. The van der Waals surface area contributed by atoms with Gasteiger partial charge >= 0.3 is 5.97 Å². The van der Waals surface area contributed by atoms with Gasteiger partial charge in [-0.1, -0.05) is 12.8 Å². The van der Waals surface area contributed by atoms with Gasteiger partial charge in [-0.2, -0.15) is 4.31 Å². The number of carbonyl (C=O) groups is 1. The standard InChI is InChI=1S/C13H24N2O4S/c1-19-13(16)6-7-14-8-10-15(11-9-14)20(17,18)12-4-2-3-5-12/h12H,2-11H2,1H3. The van der Waals surface area contributed by atoms with Gasteiger partial charge in [-0.15, -0.1) is 0 Å². The van der Waals surface area contributed by atoms with Crippen molar-refractivity contribution in [2.75, 3.05) is 39.8 Å². The SMILES string of the molecule is COC(=O)CCN1CCN(S(=O)(=O)C2CCCC2)CC1. The largest absolute Gasteiger partial charge is 0.469 e. The van der Waals surface area contributed by atoms with E-state index in [0.717, 1.165) is 25.7 Å². The highest BCUT2D eigenvalue weighted by atomic mass is 32.2. The van der Waals surface area contributed by atoms with Crippen LogP contribution >= 0.6 is 0 Å². The lowest BCUT2D eigenvalue weighted by molar-refractivity contribution is -0.141. The van der Waals surface area contributed by atoms with Crippen molar-refractivity contribution in [2.24, 2.45) is 0 Å². The van der Waals surface area contributed by atoms with E-state index in [1.165, 1.54) is 7.11 Å². The molecule has 1 heterocycles. The lowest BCUT2D eigenvalue weighted by Gasteiger charge is -2.35. The average Bonchev–Trinajstić information content (AvgIpc) is 3.00. The van der Waals surface area contributed by atoms with Crippen LogP contribution in [-0.2, 0) is 19.6 Å². The summed E-state index contributed by atoms with van der Waals surface area (Å²) in [5.74, 6) is -0.217. The molecule has 2 aliphatic rings. The minimum absolute atomic E-state index is 0.163. The van der Waals surface area contributed by atoms with Crippen LogP contribution in [0.1, 0.15) is 32.1 Å².